The highest BCUT2D eigenvalue weighted by Crippen LogP contribution is 2.29. The number of hydrogen-bond donors (Lipinski definition) is 2. The van der Waals surface area contributed by atoms with Gasteiger partial charge in [0.2, 0.25) is 11.8 Å². The van der Waals surface area contributed by atoms with Gasteiger partial charge in [-0.2, -0.15) is 0 Å². The Bertz CT molecular complexity index is 652. The van der Waals surface area contributed by atoms with E-state index in [0.717, 1.165) is 37.7 Å². The highest BCUT2D eigenvalue weighted by atomic mass is 16.5. The van der Waals surface area contributed by atoms with E-state index in [1.54, 1.807) is 20.3 Å². The van der Waals surface area contributed by atoms with Gasteiger partial charge >= 0.3 is 0 Å². The number of methoxy groups -OCH3 is 2. The van der Waals surface area contributed by atoms with Crippen LogP contribution in [0.2, 0.25) is 0 Å². The topological polar surface area (TPSA) is 76.7 Å². The third-order valence-electron chi connectivity index (χ3n) is 5.05. The molecule has 0 aliphatic heterocycles. The van der Waals surface area contributed by atoms with E-state index in [1.807, 2.05) is 18.2 Å². The molecule has 0 unspecified atom stereocenters. The highest BCUT2D eigenvalue weighted by molar-refractivity contribution is 5.81. The molecule has 1 aliphatic rings. The van der Waals surface area contributed by atoms with Gasteiger partial charge in [-0.3, -0.25) is 9.59 Å². The smallest absolute Gasteiger partial charge is 0.223 e. The summed E-state index contributed by atoms with van der Waals surface area (Å²) >= 11 is 0. The number of amides is 2. The monoisotopic (exact) mass is 374 g/mol. The van der Waals surface area contributed by atoms with Crippen LogP contribution in [0.25, 0.3) is 0 Å². The van der Waals surface area contributed by atoms with Crippen molar-refractivity contribution < 1.29 is 19.1 Å². The summed E-state index contributed by atoms with van der Waals surface area (Å²) < 4.78 is 10.5. The van der Waals surface area contributed by atoms with Gasteiger partial charge in [-0.05, 0) is 49.8 Å². The van der Waals surface area contributed by atoms with E-state index in [9.17, 15) is 9.59 Å². The van der Waals surface area contributed by atoms with Gasteiger partial charge in [0.1, 0.15) is 0 Å². The first-order valence-corrected chi connectivity index (χ1v) is 9.46. The van der Waals surface area contributed by atoms with Crippen molar-refractivity contribution in [2.75, 3.05) is 27.3 Å². The third-order valence-corrected chi connectivity index (χ3v) is 5.05. The van der Waals surface area contributed by atoms with Crippen molar-refractivity contribution >= 4 is 11.8 Å². The van der Waals surface area contributed by atoms with Gasteiger partial charge in [-0.1, -0.05) is 12.1 Å². The van der Waals surface area contributed by atoms with E-state index in [0.29, 0.717) is 24.6 Å². The Morgan fingerprint density at radius 1 is 1.04 bits per heavy atom. The average Bonchev–Trinajstić information content (AvgIpc) is 2.71. The molecule has 0 spiro atoms. The van der Waals surface area contributed by atoms with Crippen LogP contribution in [0.5, 0.6) is 11.5 Å². The van der Waals surface area contributed by atoms with Gasteiger partial charge < -0.3 is 20.1 Å². The SMILES string of the molecule is C=CCNC(=O)C1CCC(C(=O)NCCc2ccc(OC)c(OC)c2)CC1. The van der Waals surface area contributed by atoms with Crippen LogP contribution in [0.4, 0.5) is 0 Å². The molecule has 0 bridgehead atoms. The van der Waals surface area contributed by atoms with Crippen LogP contribution in [-0.2, 0) is 16.0 Å². The normalized spacial score (nSPS) is 19.0. The van der Waals surface area contributed by atoms with Crippen LogP contribution < -0.4 is 20.1 Å². The van der Waals surface area contributed by atoms with E-state index in [-0.39, 0.29) is 23.7 Å². The molecule has 1 aliphatic carbocycles. The zero-order valence-electron chi connectivity index (χ0n) is 16.3. The van der Waals surface area contributed by atoms with Gasteiger partial charge in [0.15, 0.2) is 11.5 Å². The molecule has 27 heavy (non-hydrogen) atoms. The van der Waals surface area contributed by atoms with Crippen molar-refractivity contribution in [2.24, 2.45) is 11.8 Å². The maximum absolute atomic E-state index is 12.4. The molecule has 0 atom stereocenters. The van der Waals surface area contributed by atoms with E-state index >= 15 is 0 Å². The first kappa shape index (κ1) is 20.8. The summed E-state index contributed by atoms with van der Waals surface area (Å²) in [6, 6.07) is 5.77. The maximum atomic E-state index is 12.4. The molecule has 2 amide bonds. The summed E-state index contributed by atoms with van der Waals surface area (Å²) in [4.78, 5) is 24.4. The van der Waals surface area contributed by atoms with E-state index in [2.05, 4.69) is 17.2 Å². The van der Waals surface area contributed by atoms with Gasteiger partial charge in [-0.25, -0.2) is 0 Å². The van der Waals surface area contributed by atoms with Crippen molar-refractivity contribution in [1.82, 2.24) is 10.6 Å². The lowest BCUT2D eigenvalue weighted by atomic mass is 9.81. The quantitative estimate of drug-likeness (QED) is 0.651. The Morgan fingerprint density at radius 3 is 2.19 bits per heavy atom. The standard InChI is InChI=1S/C21H30N2O4/c1-4-12-22-20(24)16-6-8-17(9-7-16)21(25)23-13-11-15-5-10-18(26-2)19(14-15)27-3/h4-5,10,14,16-17H,1,6-9,11-13H2,2-3H3,(H,22,24)(H,23,25). The zero-order chi connectivity index (χ0) is 19.6. The predicted octanol–water partition coefficient (Wildman–Crippen LogP) is 2.47. The zero-order valence-corrected chi connectivity index (χ0v) is 16.3. The van der Waals surface area contributed by atoms with Crippen molar-refractivity contribution in [3.8, 4) is 11.5 Å². The molecular weight excluding hydrogens is 344 g/mol. The Balaban J connectivity index is 1.74. The Morgan fingerprint density at radius 2 is 1.63 bits per heavy atom. The first-order chi connectivity index (χ1) is 13.1. The minimum atomic E-state index is -0.00106. The van der Waals surface area contributed by atoms with E-state index in [1.165, 1.54) is 0 Å². The lowest BCUT2D eigenvalue weighted by molar-refractivity contribution is -0.130. The molecule has 1 fully saturated rings. The largest absolute Gasteiger partial charge is 0.493 e. The summed E-state index contributed by atoms with van der Waals surface area (Å²) in [5, 5.41) is 5.86. The van der Waals surface area contributed by atoms with Crippen molar-refractivity contribution in [2.45, 2.75) is 32.1 Å². The number of carbonyl (C=O) groups excluding carboxylic acids is 2. The van der Waals surface area contributed by atoms with Crippen LogP contribution >= 0.6 is 0 Å². The summed E-state index contributed by atoms with van der Waals surface area (Å²) in [5.74, 6) is 1.55. The molecule has 2 rings (SSSR count). The number of nitrogens with one attached hydrogen (secondary N) is 2. The van der Waals surface area contributed by atoms with Crippen molar-refractivity contribution in [3.05, 3.63) is 36.4 Å². The molecule has 1 aromatic rings. The molecule has 1 aromatic carbocycles. The van der Waals surface area contributed by atoms with Gasteiger partial charge in [-0.15, -0.1) is 6.58 Å². The number of ether oxygens (including phenoxy) is 2. The second-order valence-electron chi connectivity index (χ2n) is 6.81. The summed E-state index contributed by atoms with van der Waals surface area (Å²) in [6.45, 7) is 4.67. The van der Waals surface area contributed by atoms with Gasteiger partial charge in [0.25, 0.3) is 0 Å². The molecule has 0 saturated heterocycles. The van der Waals surface area contributed by atoms with Crippen molar-refractivity contribution in [1.29, 1.82) is 0 Å². The molecule has 148 valence electrons. The van der Waals surface area contributed by atoms with Gasteiger partial charge in [0.05, 0.1) is 14.2 Å². The molecule has 1 saturated carbocycles. The number of hydrogen-bond acceptors (Lipinski definition) is 4. The first-order valence-electron chi connectivity index (χ1n) is 9.46. The fraction of sp³-hybridized carbons (Fsp3) is 0.524. The Labute approximate surface area is 161 Å². The molecule has 0 radical (unpaired) electrons. The fourth-order valence-electron chi connectivity index (χ4n) is 3.45. The van der Waals surface area contributed by atoms with E-state index < -0.39 is 0 Å². The highest BCUT2D eigenvalue weighted by Gasteiger charge is 2.29. The Kier molecular flexibility index (Phi) is 8.17. The lowest BCUT2D eigenvalue weighted by Gasteiger charge is -2.27. The summed E-state index contributed by atoms with van der Waals surface area (Å²) in [7, 11) is 3.22. The van der Waals surface area contributed by atoms with Crippen LogP contribution in [0.1, 0.15) is 31.2 Å². The molecule has 2 N–H and O–H groups in total. The van der Waals surface area contributed by atoms with Crippen LogP contribution in [-0.4, -0.2) is 39.1 Å². The van der Waals surface area contributed by atoms with Crippen molar-refractivity contribution in [3.63, 3.8) is 0 Å². The van der Waals surface area contributed by atoms with Gasteiger partial charge in [0, 0.05) is 24.9 Å². The molecule has 0 heterocycles. The van der Waals surface area contributed by atoms with Crippen LogP contribution in [0, 0.1) is 11.8 Å². The number of rotatable bonds is 9. The minimum Gasteiger partial charge on any atom is -0.493 e. The Hall–Kier alpha value is -2.50. The van der Waals surface area contributed by atoms with Crippen LogP contribution in [0.15, 0.2) is 30.9 Å². The molecule has 6 heteroatoms. The summed E-state index contributed by atoms with van der Waals surface area (Å²) in [6.07, 6.45) is 5.44. The fourth-order valence-corrected chi connectivity index (χ4v) is 3.45. The number of benzene rings is 1. The van der Waals surface area contributed by atoms with Crippen LogP contribution in [0.3, 0.4) is 0 Å². The molecular formula is C21H30N2O4. The lowest BCUT2D eigenvalue weighted by Crippen LogP contribution is -2.38. The molecule has 0 aromatic heterocycles. The third kappa shape index (κ3) is 6.01. The summed E-state index contributed by atoms with van der Waals surface area (Å²) in [5.41, 5.74) is 1.08. The second kappa shape index (κ2) is 10.6. The van der Waals surface area contributed by atoms with E-state index in [4.69, 9.17) is 9.47 Å². The molecule has 6 nitrogen and oxygen atoms in total. The average molecular weight is 374 g/mol. The maximum Gasteiger partial charge on any atom is 0.223 e. The minimum absolute atomic E-state index is 0.00106. The predicted molar refractivity (Wildman–Crippen MR) is 105 cm³/mol. The second-order valence-corrected chi connectivity index (χ2v) is 6.81. The number of carbonyl (C=O) groups is 2.